The average molecular weight is 311 g/mol. The number of rotatable bonds is 5. The molecule has 0 aliphatic heterocycles. The van der Waals surface area contributed by atoms with E-state index in [0.29, 0.717) is 4.64 Å². The predicted molar refractivity (Wildman–Crippen MR) is 84.4 cm³/mol. The molecule has 0 amide bonds. The zero-order valence-electron chi connectivity index (χ0n) is 10.6. The van der Waals surface area contributed by atoms with Crippen molar-refractivity contribution in [2.24, 2.45) is 0 Å². The molecule has 1 N–H and O–H groups in total. The minimum atomic E-state index is 0.656. The van der Waals surface area contributed by atoms with Gasteiger partial charge in [0.2, 0.25) is 0 Å². The van der Waals surface area contributed by atoms with E-state index >= 15 is 0 Å². The number of hydrogen-bond acceptors (Lipinski definition) is 3. The van der Waals surface area contributed by atoms with Gasteiger partial charge < -0.3 is 4.98 Å². The van der Waals surface area contributed by atoms with Crippen LogP contribution in [0, 0.1) is 4.64 Å². The van der Waals surface area contributed by atoms with Crippen LogP contribution < -0.4 is 0 Å². The van der Waals surface area contributed by atoms with Gasteiger partial charge in [-0.25, -0.2) is 4.98 Å². The van der Waals surface area contributed by atoms with E-state index in [1.54, 1.807) is 11.8 Å². The van der Waals surface area contributed by atoms with Crippen molar-refractivity contribution in [1.82, 2.24) is 9.97 Å². The topological polar surface area (TPSA) is 28.7 Å². The van der Waals surface area contributed by atoms with E-state index in [2.05, 4.69) is 16.9 Å². The molecular formula is C14H15ClN2S2. The minimum Gasteiger partial charge on any atom is -0.346 e. The number of nitrogens with zero attached hydrogens (tertiary/aromatic N) is 1. The molecule has 0 radical (unpaired) electrons. The second-order valence-electron chi connectivity index (χ2n) is 4.19. The monoisotopic (exact) mass is 310 g/mol. The van der Waals surface area contributed by atoms with Gasteiger partial charge in [0.25, 0.3) is 0 Å². The van der Waals surface area contributed by atoms with Crippen molar-refractivity contribution in [2.75, 3.05) is 0 Å². The van der Waals surface area contributed by atoms with Crippen molar-refractivity contribution >= 4 is 35.6 Å². The normalized spacial score (nSPS) is 10.6. The van der Waals surface area contributed by atoms with Gasteiger partial charge in [-0.05, 0) is 30.7 Å². The molecule has 0 saturated heterocycles. The molecule has 0 bridgehead atoms. The number of aromatic nitrogens is 2. The average Bonchev–Trinajstić information content (AvgIpc) is 2.36. The van der Waals surface area contributed by atoms with Crippen LogP contribution in [0.25, 0.3) is 0 Å². The third-order valence-corrected chi connectivity index (χ3v) is 3.99. The Morgan fingerprint density at radius 2 is 2.21 bits per heavy atom. The van der Waals surface area contributed by atoms with E-state index in [4.69, 9.17) is 23.8 Å². The first-order valence-electron chi connectivity index (χ1n) is 6.15. The number of nitrogens with one attached hydrogen (secondary N) is 1. The summed E-state index contributed by atoms with van der Waals surface area (Å²) in [5, 5.41) is 0.755. The van der Waals surface area contributed by atoms with Crippen molar-refractivity contribution < 1.29 is 0 Å². The second kappa shape index (κ2) is 7.08. The molecule has 19 heavy (non-hydrogen) atoms. The van der Waals surface area contributed by atoms with Gasteiger partial charge >= 0.3 is 0 Å². The maximum absolute atomic E-state index is 5.96. The first-order valence-corrected chi connectivity index (χ1v) is 7.92. The molecule has 0 unspecified atom stereocenters. The number of benzene rings is 1. The van der Waals surface area contributed by atoms with Crippen LogP contribution in [0.15, 0.2) is 35.2 Å². The number of hydrogen-bond donors (Lipinski definition) is 1. The SMILES string of the molecule is CCCc1cc(=S)nc(CSc2cccc(Cl)c2)[nH]1. The fourth-order valence-corrected chi connectivity index (χ4v) is 3.08. The maximum Gasteiger partial charge on any atom is 0.130 e. The number of aryl methyl sites for hydroxylation is 1. The summed E-state index contributed by atoms with van der Waals surface area (Å²) in [6.45, 7) is 2.15. The molecule has 1 heterocycles. The Morgan fingerprint density at radius 3 is 2.95 bits per heavy atom. The van der Waals surface area contributed by atoms with E-state index in [-0.39, 0.29) is 0 Å². The molecule has 1 aromatic heterocycles. The van der Waals surface area contributed by atoms with Gasteiger partial charge in [0, 0.05) is 15.6 Å². The quantitative estimate of drug-likeness (QED) is 0.619. The lowest BCUT2D eigenvalue weighted by Crippen LogP contribution is -1.98. The number of aromatic amines is 1. The summed E-state index contributed by atoms with van der Waals surface area (Å²) in [6.07, 6.45) is 2.09. The number of thioether (sulfide) groups is 1. The lowest BCUT2D eigenvalue weighted by Gasteiger charge is -2.05. The molecule has 0 fully saturated rings. The molecule has 1 aromatic carbocycles. The molecule has 2 rings (SSSR count). The molecule has 0 saturated carbocycles. The Hall–Kier alpha value is -0.840. The fraction of sp³-hybridized carbons (Fsp3) is 0.286. The van der Waals surface area contributed by atoms with Crippen LogP contribution in [0.4, 0.5) is 0 Å². The van der Waals surface area contributed by atoms with Crippen LogP contribution in [0.1, 0.15) is 24.9 Å². The number of halogens is 1. The standard InChI is InChI=1S/C14H15ClN2S2/c1-2-4-11-8-14(18)17-13(16-11)9-19-12-6-3-5-10(15)7-12/h3,5-8H,2,4,9H2,1H3,(H,16,17,18). The van der Waals surface area contributed by atoms with Gasteiger partial charge in [0.05, 0.1) is 5.75 Å². The third-order valence-electron chi connectivity index (χ3n) is 2.54. The van der Waals surface area contributed by atoms with E-state index in [1.807, 2.05) is 30.3 Å². The van der Waals surface area contributed by atoms with Crippen LogP contribution in [0.3, 0.4) is 0 Å². The summed E-state index contributed by atoms with van der Waals surface area (Å²) in [4.78, 5) is 8.83. The fourth-order valence-electron chi connectivity index (χ4n) is 1.74. The lowest BCUT2D eigenvalue weighted by atomic mass is 10.2. The molecule has 2 nitrogen and oxygen atoms in total. The van der Waals surface area contributed by atoms with Gasteiger partial charge in [-0.3, -0.25) is 0 Å². The summed E-state index contributed by atoms with van der Waals surface area (Å²) in [7, 11) is 0. The summed E-state index contributed by atoms with van der Waals surface area (Å²) in [5.41, 5.74) is 1.16. The largest absolute Gasteiger partial charge is 0.346 e. The first kappa shape index (κ1) is 14.6. The van der Waals surface area contributed by atoms with Crippen LogP contribution >= 0.6 is 35.6 Å². The van der Waals surface area contributed by atoms with Crippen LogP contribution in [-0.4, -0.2) is 9.97 Å². The molecule has 0 spiro atoms. The van der Waals surface area contributed by atoms with Gasteiger partial charge in [0.1, 0.15) is 10.5 Å². The summed E-state index contributed by atoms with van der Waals surface area (Å²) < 4.78 is 0.656. The van der Waals surface area contributed by atoms with Gasteiger partial charge in [-0.1, -0.05) is 43.2 Å². The highest BCUT2D eigenvalue weighted by Crippen LogP contribution is 2.24. The Labute approximate surface area is 127 Å². The first-order chi connectivity index (χ1) is 9.17. The number of H-pyrrole nitrogens is 1. The van der Waals surface area contributed by atoms with Crippen LogP contribution in [0.2, 0.25) is 5.02 Å². The highest BCUT2D eigenvalue weighted by molar-refractivity contribution is 7.98. The Morgan fingerprint density at radius 1 is 1.37 bits per heavy atom. The van der Waals surface area contributed by atoms with E-state index in [1.165, 1.54) is 0 Å². The Kier molecular flexibility index (Phi) is 5.43. The molecule has 5 heteroatoms. The molecular weight excluding hydrogens is 296 g/mol. The highest BCUT2D eigenvalue weighted by atomic mass is 35.5. The van der Waals surface area contributed by atoms with Gasteiger partial charge in [-0.2, -0.15) is 0 Å². The highest BCUT2D eigenvalue weighted by Gasteiger charge is 2.01. The summed E-state index contributed by atoms with van der Waals surface area (Å²) in [5.74, 6) is 1.68. The van der Waals surface area contributed by atoms with Crippen molar-refractivity contribution in [1.29, 1.82) is 0 Å². The van der Waals surface area contributed by atoms with E-state index in [0.717, 1.165) is 40.0 Å². The maximum atomic E-state index is 5.96. The summed E-state index contributed by atoms with van der Waals surface area (Å²) >= 11 is 12.9. The predicted octanol–water partition coefficient (Wildman–Crippen LogP) is 5.04. The zero-order chi connectivity index (χ0) is 13.7. The Bertz CT molecular complexity index is 610. The smallest absolute Gasteiger partial charge is 0.130 e. The van der Waals surface area contributed by atoms with E-state index < -0.39 is 0 Å². The van der Waals surface area contributed by atoms with Crippen LogP contribution in [-0.2, 0) is 12.2 Å². The van der Waals surface area contributed by atoms with E-state index in [9.17, 15) is 0 Å². The van der Waals surface area contributed by atoms with Gasteiger partial charge in [0.15, 0.2) is 0 Å². The Balaban J connectivity index is 2.09. The zero-order valence-corrected chi connectivity index (χ0v) is 13.0. The second-order valence-corrected chi connectivity index (χ2v) is 6.09. The van der Waals surface area contributed by atoms with Crippen molar-refractivity contribution in [3.05, 3.63) is 51.5 Å². The van der Waals surface area contributed by atoms with Crippen LogP contribution in [0.5, 0.6) is 0 Å². The van der Waals surface area contributed by atoms with Crippen molar-refractivity contribution in [3.8, 4) is 0 Å². The molecule has 0 aliphatic rings. The van der Waals surface area contributed by atoms with Crippen molar-refractivity contribution in [3.63, 3.8) is 0 Å². The molecule has 100 valence electrons. The molecule has 0 aliphatic carbocycles. The molecule has 0 atom stereocenters. The molecule has 2 aromatic rings. The van der Waals surface area contributed by atoms with Gasteiger partial charge in [-0.15, -0.1) is 11.8 Å². The van der Waals surface area contributed by atoms with Crippen molar-refractivity contribution in [2.45, 2.75) is 30.4 Å². The third kappa shape index (κ3) is 4.64. The minimum absolute atomic E-state index is 0.656. The summed E-state index contributed by atoms with van der Waals surface area (Å²) in [6, 6.07) is 9.76. The lowest BCUT2D eigenvalue weighted by molar-refractivity contribution is 0.850.